The highest BCUT2D eigenvalue weighted by molar-refractivity contribution is 5.94. The topological polar surface area (TPSA) is 177 Å². The summed E-state index contributed by atoms with van der Waals surface area (Å²) < 4.78 is 0. The number of imidazole rings is 1. The number of hydrogen-bond donors (Lipinski definition) is 6. The molecule has 4 atom stereocenters. The number of amides is 3. The predicted octanol–water partition coefficient (Wildman–Crippen LogP) is -2.26. The largest absolute Gasteiger partial charge is 0.480 e. The zero-order chi connectivity index (χ0) is 22.4. The maximum absolute atomic E-state index is 12.9. The van der Waals surface area contributed by atoms with Crippen LogP contribution in [0.3, 0.4) is 0 Å². The molecule has 2 aliphatic heterocycles. The molecule has 4 unspecified atom stereocenters. The molecule has 0 aromatic carbocycles. The number of carbonyl (C=O) groups is 4. The molecule has 0 radical (unpaired) electrons. The summed E-state index contributed by atoms with van der Waals surface area (Å²) in [5.41, 5.74) is 0.552. The molecule has 3 heterocycles. The Balaban J connectivity index is 1.62. The summed E-state index contributed by atoms with van der Waals surface area (Å²) in [6.07, 6.45) is 5.33. The minimum absolute atomic E-state index is 0.0193. The number of aromatic amines is 1. The van der Waals surface area contributed by atoms with Crippen molar-refractivity contribution in [3.8, 4) is 0 Å². The third-order valence-electron chi connectivity index (χ3n) is 5.61. The fourth-order valence-corrected chi connectivity index (χ4v) is 3.95. The summed E-state index contributed by atoms with van der Waals surface area (Å²) in [4.78, 5) is 57.5. The van der Waals surface area contributed by atoms with Crippen molar-refractivity contribution in [3.05, 3.63) is 18.2 Å². The van der Waals surface area contributed by atoms with Crippen molar-refractivity contribution < 1.29 is 29.4 Å². The maximum Gasteiger partial charge on any atom is 0.326 e. The number of aliphatic hydroxyl groups excluding tert-OH is 1. The molecule has 3 rings (SSSR count). The number of likely N-dealkylation sites (tertiary alicyclic amines) is 1. The van der Waals surface area contributed by atoms with Crippen LogP contribution >= 0.6 is 0 Å². The van der Waals surface area contributed by atoms with Crippen molar-refractivity contribution in [3.63, 3.8) is 0 Å². The van der Waals surface area contributed by atoms with Crippen LogP contribution in [0.5, 0.6) is 0 Å². The van der Waals surface area contributed by atoms with Crippen LogP contribution in [-0.2, 0) is 25.6 Å². The van der Waals surface area contributed by atoms with Gasteiger partial charge in [-0.05, 0) is 32.2 Å². The molecule has 2 fully saturated rings. The zero-order valence-electron chi connectivity index (χ0n) is 17.0. The van der Waals surface area contributed by atoms with E-state index >= 15 is 0 Å². The highest BCUT2D eigenvalue weighted by Gasteiger charge is 2.39. The second-order valence-electron chi connectivity index (χ2n) is 7.76. The summed E-state index contributed by atoms with van der Waals surface area (Å²) >= 11 is 0. The first kappa shape index (κ1) is 22.7. The summed E-state index contributed by atoms with van der Waals surface area (Å²) in [5.74, 6) is -2.72. The first-order valence-corrected chi connectivity index (χ1v) is 10.4. The Morgan fingerprint density at radius 3 is 2.55 bits per heavy atom. The van der Waals surface area contributed by atoms with Gasteiger partial charge in [-0.3, -0.25) is 14.4 Å². The maximum atomic E-state index is 12.9. The molecule has 3 amide bonds. The fraction of sp³-hybridized carbons (Fsp3) is 0.632. The third-order valence-corrected chi connectivity index (χ3v) is 5.61. The third kappa shape index (κ3) is 5.58. The van der Waals surface area contributed by atoms with Crippen LogP contribution in [0.15, 0.2) is 12.5 Å². The summed E-state index contributed by atoms with van der Waals surface area (Å²) in [7, 11) is 0. The standard InChI is InChI=1S/C19H28N6O6/c26-9-14(24-16(27)12-3-1-5-21-12)18(29)25-6-2-4-15(25)17(28)23-13(19(30)31)7-11-8-20-10-22-11/h8,10,12-15,21,26H,1-7,9H2,(H,20,22)(H,23,28)(H,24,27)(H,30,31). The number of nitrogens with zero attached hydrogens (tertiary/aromatic N) is 2. The van der Waals surface area contributed by atoms with E-state index in [1.807, 2.05) is 0 Å². The predicted molar refractivity (Wildman–Crippen MR) is 107 cm³/mol. The van der Waals surface area contributed by atoms with Gasteiger partial charge >= 0.3 is 5.97 Å². The molecule has 170 valence electrons. The van der Waals surface area contributed by atoms with Gasteiger partial charge in [0.15, 0.2) is 0 Å². The quantitative estimate of drug-likeness (QED) is 0.251. The first-order valence-electron chi connectivity index (χ1n) is 10.4. The summed E-state index contributed by atoms with van der Waals surface area (Å²) in [5, 5.41) is 27.2. The van der Waals surface area contributed by atoms with E-state index in [1.165, 1.54) is 17.4 Å². The minimum atomic E-state index is -1.21. The Hall–Kier alpha value is -2.99. The molecule has 12 nitrogen and oxygen atoms in total. The van der Waals surface area contributed by atoms with Crippen molar-refractivity contribution in [2.45, 2.75) is 56.3 Å². The Morgan fingerprint density at radius 1 is 1.16 bits per heavy atom. The number of carbonyl (C=O) groups excluding carboxylic acids is 3. The molecular weight excluding hydrogens is 408 g/mol. The first-order chi connectivity index (χ1) is 14.9. The number of rotatable bonds is 9. The van der Waals surface area contributed by atoms with Gasteiger partial charge in [0.05, 0.1) is 19.0 Å². The Kier molecular flexibility index (Phi) is 7.58. The van der Waals surface area contributed by atoms with Gasteiger partial charge in [-0.25, -0.2) is 9.78 Å². The van der Waals surface area contributed by atoms with Gasteiger partial charge in [-0.15, -0.1) is 0 Å². The highest BCUT2D eigenvalue weighted by Crippen LogP contribution is 2.19. The smallest absolute Gasteiger partial charge is 0.326 e. The second-order valence-corrected chi connectivity index (χ2v) is 7.76. The minimum Gasteiger partial charge on any atom is -0.480 e. The van der Waals surface area contributed by atoms with Gasteiger partial charge < -0.3 is 36.0 Å². The molecule has 0 saturated carbocycles. The van der Waals surface area contributed by atoms with Crippen LogP contribution in [0.25, 0.3) is 0 Å². The monoisotopic (exact) mass is 436 g/mol. The SMILES string of the molecule is O=C(O)C(Cc1cnc[nH]1)NC(=O)C1CCCN1C(=O)C(CO)NC(=O)C1CCCN1. The van der Waals surface area contributed by atoms with Crippen LogP contribution in [0, 0.1) is 0 Å². The molecule has 0 bridgehead atoms. The number of carboxylic acid groups (broad SMARTS) is 1. The highest BCUT2D eigenvalue weighted by atomic mass is 16.4. The van der Waals surface area contributed by atoms with Crippen LogP contribution in [-0.4, -0.2) is 92.6 Å². The van der Waals surface area contributed by atoms with Gasteiger partial charge in [0.25, 0.3) is 0 Å². The van der Waals surface area contributed by atoms with Crippen molar-refractivity contribution in [2.75, 3.05) is 19.7 Å². The average molecular weight is 436 g/mol. The number of H-pyrrole nitrogens is 1. The Bertz CT molecular complexity index is 794. The van der Waals surface area contributed by atoms with E-state index in [0.717, 1.165) is 6.42 Å². The lowest BCUT2D eigenvalue weighted by Gasteiger charge is -2.29. The molecule has 1 aromatic heterocycles. The van der Waals surface area contributed by atoms with E-state index in [2.05, 4.69) is 25.9 Å². The number of hydrogen-bond acceptors (Lipinski definition) is 7. The second kappa shape index (κ2) is 10.4. The molecule has 0 aliphatic carbocycles. The van der Waals surface area contributed by atoms with Crippen LogP contribution < -0.4 is 16.0 Å². The molecule has 2 saturated heterocycles. The van der Waals surface area contributed by atoms with Gasteiger partial charge in [0.1, 0.15) is 18.1 Å². The van der Waals surface area contributed by atoms with E-state index in [4.69, 9.17) is 0 Å². The van der Waals surface area contributed by atoms with E-state index in [-0.39, 0.29) is 18.9 Å². The van der Waals surface area contributed by atoms with Gasteiger partial charge in [0, 0.05) is 24.9 Å². The van der Waals surface area contributed by atoms with E-state index in [9.17, 15) is 29.4 Å². The fourth-order valence-electron chi connectivity index (χ4n) is 3.95. The molecule has 1 aromatic rings. The number of carboxylic acids is 1. The van der Waals surface area contributed by atoms with E-state index < -0.39 is 48.6 Å². The van der Waals surface area contributed by atoms with Crippen LogP contribution in [0.4, 0.5) is 0 Å². The lowest BCUT2D eigenvalue weighted by atomic mass is 10.1. The number of aliphatic carboxylic acids is 1. The Morgan fingerprint density at radius 2 is 1.94 bits per heavy atom. The molecular formula is C19H28N6O6. The molecule has 6 N–H and O–H groups in total. The van der Waals surface area contributed by atoms with Crippen molar-refractivity contribution in [1.29, 1.82) is 0 Å². The number of aliphatic hydroxyl groups is 1. The lowest BCUT2D eigenvalue weighted by molar-refractivity contribution is -0.145. The van der Waals surface area contributed by atoms with Crippen LogP contribution in [0.1, 0.15) is 31.4 Å². The van der Waals surface area contributed by atoms with E-state index in [1.54, 1.807) is 0 Å². The average Bonchev–Trinajstić information content (AvgIpc) is 3.52. The molecule has 12 heteroatoms. The molecule has 31 heavy (non-hydrogen) atoms. The van der Waals surface area contributed by atoms with Crippen molar-refractivity contribution in [2.24, 2.45) is 0 Å². The molecule has 2 aliphatic rings. The van der Waals surface area contributed by atoms with Gasteiger partial charge in [0.2, 0.25) is 17.7 Å². The number of aromatic nitrogens is 2. The van der Waals surface area contributed by atoms with E-state index in [0.29, 0.717) is 31.5 Å². The Labute approximate surface area is 178 Å². The normalized spacial score (nSPS) is 22.7. The van der Waals surface area contributed by atoms with Crippen molar-refractivity contribution in [1.82, 2.24) is 30.8 Å². The van der Waals surface area contributed by atoms with Crippen LogP contribution in [0.2, 0.25) is 0 Å². The number of nitrogens with one attached hydrogen (secondary N) is 4. The zero-order valence-corrected chi connectivity index (χ0v) is 17.0. The lowest BCUT2D eigenvalue weighted by Crippen LogP contribution is -2.57. The van der Waals surface area contributed by atoms with Gasteiger partial charge in [-0.2, -0.15) is 0 Å². The van der Waals surface area contributed by atoms with Crippen molar-refractivity contribution >= 4 is 23.7 Å². The summed E-state index contributed by atoms with van der Waals surface area (Å²) in [6.45, 7) is 0.399. The summed E-state index contributed by atoms with van der Waals surface area (Å²) in [6, 6.07) is -3.62. The molecule has 0 spiro atoms. The van der Waals surface area contributed by atoms with Gasteiger partial charge in [-0.1, -0.05) is 0 Å².